The molecule has 0 fully saturated rings. The van der Waals surface area contributed by atoms with Crippen LogP contribution in [0.4, 0.5) is 5.00 Å². The number of nitrogens with zero attached hydrogens (tertiary/aromatic N) is 3. The lowest BCUT2D eigenvalue weighted by atomic mass is 9.97. The number of aryl methyl sites for hydroxylation is 2. The van der Waals surface area contributed by atoms with Gasteiger partial charge < -0.3 is 10.1 Å². The van der Waals surface area contributed by atoms with Gasteiger partial charge in [0.15, 0.2) is 5.82 Å². The van der Waals surface area contributed by atoms with Crippen molar-refractivity contribution in [3.05, 3.63) is 46.1 Å². The summed E-state index contributed by atoms with van der Waals surface area (Å²) < 4.78 is 5.22. The summed E-state index contributed by atoms with van der Waals surface area (Å²) in [4.78, 5) is 24.9. The number of hydrogen-bond acceptors (Lipinski definition) is 7. The maximum absolute atomic E-state index is 12.6. The van der Waals surface area contributed by atoms with E-state index in [4.69, 9.17) is 4.74 Å². The molecule has 3 rings (SSSR count). The second-order valence-corrected chi connectivity index (χ2v) is 6.82. The van der Waals surface area contributed by atoms with E-state index in [9.17, 15) is 9.59 Å². The van der Waals surface area contributed by atoms with Crippen molar-refractivity contribution in [2.24, 2.45) is 0 Å². The predicted molar refractivity (Wildman–Crippen MR) is 102 cm³/mol. The number of aromatic nitrogens is 4. The van der Waals surface area contributed by atoms with E-state index in [1.165, 1.54) is 11.3 Å². The number of thiophene rings is 1. The fraction of sp³-hybridized carbons (Fsp3) is 0.278. The molecule has 2 aromatic heterocycles. The Kier molecular flexibility index (Phi) is 5.60. The van der Waals surface area contributed by atoms with Gasteiger partial charge in [-0.1, -0.05) is 29.0 Å². The van der Waals surface area contributed by atoms with Gasteiger partial charge in [0.1, 0.15) is 10.6 Å². The predicted octanol–water partition coefficient (Wildman–Crippen LogP) is 2.90. The lowest BCUT2D eigenvalue weighted by Crippen LogP contribution is -2.17. The first-order valence-corrected chi connectivity index (χ1v) is 9.26. The number of carbonyl (C=O) groups is 2. The SMILES string of the molecule is CCOC(=O)c1c(-c2ccc(C)cc2C)csc1NC(=O)Cc1nn[nH]n1. The summed E-state index contributed by atoms with van der Waals surface area (Å²) in [6.45, 7) is 6.00. The fourth-order valence-corrected chi connectivity index (χ4v) is 3.71. The third-order valence-electron chi connectivity index (χ3n) is 3.90. The van der Waals surface area contributed by atoms with Crippen molar-refractivity contribution in [2.75, 3.05) is 11.9 Å². The lowest BCUT2D eigenvalue weighted by Gasteiger charge is -2.10. The van der Waals surface area contributed by atoms with Crippen molar-refractivity contribution < 1.29 is 14.3 Å². The number of aromatic amines is 1. The van der Waals surface area contributed by atoms with Crippen molar-refractivity contribution in [1.29, 1.82) is 0 Å². The van der Waals surface area contributed by atoms with Crippen LogP contribution in [-0.2, 0) is 16.0 Å². The number of tetrazole rings is 1. The molecule has 0 saturated carbocycles. The monoisotopic (exact) mass is 385 g/mol. The number of nitrogens with one attached hydrogen (secondary N) is 2. The molecule has 1 aromatic carbocycles. The normalized spacial score (nSPS) is 10.6. The highest BCUT2D eigenvalue weighted by atomic mass is 32.1. The number of H-pyrrole nitrogens is 1. The fourth-order valence-electron chi connectivity index (χ4n) is 2.74. The molecule has 2 heterocycles. The van der Waals surface area contributed by atoms with E-state index in [2.05, 4.69) is 32.0 Å². The van der Waals surface area contributed by atoms with Crippen LogP contribution in [0.3, 0.4) is 0 Å². The van der Waals surface area contributed by atoms with Crippen LogP contribution in [0, 0.1) is 13.8 Å². The van der Waals surface area contributed by atoms with Gasteiger partial charge in [-0.25, -0.2) is 4.79 Å². The van der Waals surface area contributed by atoms with Crippen molar-refractivity contribution in [3.63, 3.8) is 0 Å². The van der Waals surface area contributed by atoms with Gasteiger partial charge in [-0.3, -0.25) is 4.79 Å². The highest BCUT2D eigenvalue weighted by Crippen LogP contribution is 2.37. The summed E-state index contributed by atoms with van der Waals surface area (Å²) in [7, 11) is 0. The summed E-state index contributed by atoms with van der Waals surface area (Å²) in [5.74, 6) is -0.532. The summed E-state index contributed by atoms with van der Waals surface area (Å²) in [6, 6.07) is 6.01. The Morgan fingerprint density at radius 1 is 1.26 bits per heavy atom. The molecule has 0 spiro atoms. The number of hydrogen-bond donors (Lipinski definition) is 2. The molecule has 0 radical (unpaired) electrons. The maximum Gasteiger partial charge on any atom is 0.341 e. The summed E-state index contributed by atoms with van der Waals surface area (Å²) in [5, 5.41) is 18.3. The average Bonchev–Trinajstić information content (AvgIpc) is 3.25. The van der Waals surface area contributed by atoms with Gasteiger partial charge in [-0.2, -0.15) is 5.21 Å². The molecule has 0 saturated heterocycles. The molecule has 0 bridgehead atoms. The Balaban J connectivity index is 1.95. The van der Waals surface area contributed by atoms with Crippen LogP contribution in [0.5, 0.6) is 0 Å². The van der Waals surface area contributed by atoms with E-state index in [1.807, 2.05) is 31.4 Å². The van der Waals surface area contributed by atoms with Crippen LogP contribution in [0.1, 0.15) is 34.2 Å². The van der Waals surface area contributed by atoms with Gasteiger partial charge in [0.2, 0.25) is 5.91 Å². The first-order chi connectivity index (χ1) is 13.0. The standard InChI is InChI=1S/C18H19N5O3S/c1-4-26-18(25)16-13(12-6-5-10(2)7-11(12)3)9-27-17(16)19-15(24)8-14-20-22-23-21-14/h5-7,9H,4,8H2,1-3H3,(H,19,24)(H,20,21,22,23). The molecule has 2 N–H and O–H groups in total. The number of rotatable bonds is 6. The number of benzene rings is 1. The molecule has 0 aliphatic heterocycles. The van der Waals surface area contributed by atoms with Crippen LogP contribution in [-0.4, -0.2) is 39.1 Å². The molecule has 27 heavy (non-hydrogen) atoms. The van der Waals surface area contributed by atoms with Crippen LogP contribution >= 0.6 is 11.3 Å². The van der Waals surface area contributed by atoms with E-state index in [-0.39, 0.29) is 24.8 Å². The Morgan fingerprint density at radius 3 is 2.74 bits per heavy atom. The van der Waals surface area contributed by atoms with Crippen LogP contribution in [0.2, 0.25) is 0 Å². The Morgan fingerprint density at radius 2 is 2.07 bits per heavy atom. The molecular weight excluding hydrogens is 366 g/mol. The Labute approximate surface area is 160 Å². The molecule has 8 nitrogen and oxygen atoms in total. The highest BCUT2D eigenvalue weighted by molar-refractivity contribution is 7.15. The summed E-state index contributed by atoms with van der Waals surface area (Å²) >= 11 is 1.28. The highest BCUT2D eigenvalue weighted by Gasteiger charge is 2.24. The van der Waals surface area contributed by atoms with Crippen molar-refractivity contribution in [1.82, 2.24) is 20.6 Å². The van der Waals surface area contributed by atoms with E-state index in [0.29, 0.717) is 10.6 Å². The number of amides is 1. The molecule has 0 aliphatic carbocycles. The quantitative estimate of drug-likeness (QED) is 0.631. The number of esters is 1. The molecular formula is C18H19N5O3S. The average molecular weight is 385 g/mol. The largest absolute Gasteiger partial charge is 0.462 e. The second kappa shape index (κ2) is 8.09. The lowest BCUT2D eigenvalue weighted by molar-refractivity contribution is -0.115. The Bertz CT molecular complexity index is 966. The van der Waals surface area contributed by atoms with Gasteiger partial charge in [0.25, 0.3) is 0 Å². The minimum Gasteiger partial charge on any atom is -0.462 e. The van der Waals surface area contributed by atoms with E-state index in [0.717, 1.165) is 22.3 Å². The zero-order chi connectivity index (χ0) is 19.4. The number of carbonyl (C=O) groups excluding carboxylic acids is 2. The van der Waals surface area contributed by atoms with Gasteiger partial charge in [0, 0.05) is 10.9 Å². The van der Waals surface area contributed by atoms with Crippen LogP contribution in [0.15, 0.2) is 23.6 Å². The molecule has 0 atom stereocenters. The second-order valence-electron chi connectivity index (χ2n) is 5.95. The maximum atomic E-state index is 12.6. The summed E-state index contributed by atoms with van der Waals surface area (Å²) in [5.41, 5.74) is 4.21. The van der Waals surface area contributed by atoms with Gasteiger partial charge in [-0.05, 0) is 31.9 Å². The first-order valence-electron chi connectivity index (χ1n) is 8.38. The first kappa shape index (κ1) is 18.7. The minimum absolute atomic E-state index is 0.0461. The van der Waals surface area contributed by atoms with Crippen molar-refractivity contribution in [3.8, 4) is 11.1 Å². The number of anilines is 1. The zero-order valence-electron chi connectivity index (χ0n) is 15.2. The van der Waals surface area contributed by atoms with E-state index >= 15 is 0 Å². The third kappa shape index (κ3) is 4.20. The van der Waals surface area contributed by atoms with Gasteiger partial charge in [-0.15, -0.1) is 21.5 Å². The molecule has 1 amide bonds. The third-order valence-corrected chi connectivity index (χ3v) is 4.80. The van der Waals surface area contributed by atoms with Crippen LogP contribution < -0.4 is 5.32 Å². The molecule has 3 aromatic rings. The van der Waals surface area contributed by atoms with Crippen LogP contribution in [0.25, 0.3) is 11.1 Å². The minimum atomic E-state index is -0.469. The molecule has 140 valence electrons. The van der Waals surface area contributed by atoms with Gasteiger partial charge in [0.05, 0.1) is 13.0 Å². The van der Waals surface area contributed by atoms with Crippen molar-refractivity contribution in [2.45, 2.75) is 27.2 Å². The van der Waals surface area contributed by atoms with Crippen molar-refractivity contribution >= 4 is 28.2 Å². The number of ether oxygens (including phenoxy) is 1. The topological polar surface area (TPSA) is 110 Å². The Hall–Kier alpha value is -3.07. The molecule has 9 heteroatoms. The summed E-state index contributed by atoms with van der Waals surface area (Å²) in [6.07, 6.45) is -0.0461. The van der Waals surface area contributed by atoms with E-state index in [1.54, 1.807) is 6.92 Å². The zero-order valence-corrected chi connectivity index (χ0v) is 16.0. The van der Waals surface area contributed by atoms with Gasteiger partial charge >= 0.3 is 5.97 Å². The molecule has 0 aliphatic rings. The molecule has 0 unspecified atom stereocenters. The van der Waals surface area contributed by atoms with E-state index < -0.39 is 5.97 Å². The smallest absolute Gasteiger partial charge is 0.341 e.